The van der Waals surface area contributed by atoms with E-state index in [4.69, 9.17) is 9.47 Å². The largest absolute Gasteiger partial charge is 0.504 e. The van der Waals surface area contributed by atoms with Crippen LogP contribution >= 0.6 is 0 Å². The van der Waals surface area contributed by atoms with E-state index in [0.29, 0.717) is 28.4 Å². The van der Waals surface area contributed by atoms with Crippen LogP contribution < -0.4 is 25.5 Å². The van der Waals surface area contributed by atoms with Gasteiger partial charge in [-0.15, -0.1) is 0 Å². The third-order valence-electron chi connectivity index (χ3n) is 4.93. The van der Waals surface area contributed by atoms with Gasteiger partial charge >= 0.3 is 0 Å². The van der Waals surface area contributed by atoms with Crippen molar-refractivity contribution in [3.63, 3.8) is 0 Å². The van der Waals surface area contributed by atoms with Crippen LogP contribution in [0.5, 0.6) is 17.2 Å². The molecule has 0 aliphatic rings. The summed E-state index contributed by atoms with van der Waals surface area (Å²) in [6.45, 7) is 0. The van der Waals surface area contributed by atoms with Gasteiger partial charge in [0.05, 0.1) is 25.4 Å². The van der Waals surface area contributed by atoms with E-state index in [-0.39, 0.29) is 29.3 Å². The number of ether oxygens (including phenoxy) is 2. The minimum absolute atomic E-state index is 0.0412. The number of benzene rings is 3. The zero-order valence-electron chi connectivity index (χ0n) is 19.7. The number of hydrogen-bond donors (Lipinski definition) is 4. The minimum Gasteiger partial charge on any atom is -0.504 e. The summed E-state index contributed by atoms with van der Waals surface area (Å²) in [5.74, 6) is 1.39. The highest BCUT2D eigenvalue weighted by molar-refractivity contribution is 5.85. The zero-order chi connectivity index (χ0) is 26.2. The van der Waals surface area contributed by atoms with Crippen molar-refractivity contribution >= 4 is 41.1 Å². The maximum Gasteiger partial charge on any atom is 0.269 e. The summed E-state index contributed by atoms with van der Waals surface area (Å²) in [4.78, 5) is 23.4. The number of para-hydroxylation sites is 1. The van der Waals surface area contributed by atoms with Crippen LogP contribution in [0.25, 0.3) is 0 Å². The maximum atomic E-state index is 10.9. The second kappa shape index (κ2) is 11.3. The van der Waals surface area contributed by atoms with Gasteiger partial charge in [0.15, 0.2) is 11.5 Å². The third kappa shape index (κ3) is 6.36. The summed E-state index contributed by atoms with van der Waals surface area (Å²) in [7, 11) is 3.03. The number of aromatic hydroxyl groups is 1. The Balaban J connectivity index is 1.59. The van der Waals surface area contributed by atoms with Gasteiger partial charge in [-0.05, 0) is 48.5 Å². The van der Waals surface area contributed by atoms with Crippen LogP contribution in [-0.2, 0) is 0 Å². The molecular weight excluding hydrogens is 480 g/mol. The van der Waals surface area contributed by atoms with Crippen molar-refractivity contribution < 1.29 is 19.5 Å². The highest BCUT2D eigenvalue weighted by Gasteiger charge is 2.10. The lowest BCUT2D eigenvalue weighted by atomic mass is 10.2. The Kier molecular flexibility index (Phi) is 7.54. The van der Waals surface area contributed by atoms with Crippen LogP contribution in [0.4, 0.5) is 34.9 Å². The molecule has 0 saturated carbocycles. The number of hydrogen-bond acceptors (Lipinski definition) is 12. The van der Waals surface area contributed by atoms with Gasteiger partial charge in [-0.2, -0.15) is 20.1 Å². The van der Waals surface area contributed by atoms with E-state index in [1.807, 2.05) is 0 Å². The van der Waals surface area contributed by atoms with E-state index < -0.39 is 4.92 Å². The number of rotatable bonds is 10. The molecule has 0 bridgehead atoms. The van der Waals surface area contributed by atoms with Crippen molar-refractivity contribution in [2.24, 2.45) is 5.10 Å². The molecule has 4 rings (SSSR count). The number of nitrogens with zero attached hydrogens (tertiary/aromatic N) is 5. The molecule has 0 aliphatic heterocycles. The number of non-ortho nitro benzene ring substituents is 1. The number of phenols is 1. The Morgan fingerprint density at radius 2 is 1.46 bits per heavy atom. The van der Waals surface area contributed by atoms with Gasteiger partial charge in [-0.1, -0.05) is 6.07 Å². The van der Waals surface area contributed by atoms with Crippen molar-refractivity contribution in [3.05, 3.63) is 82.4 Å². The normalized spacial score (nSPS) is 10.6. The monoisotopic (exact) mass is 502 g/mol. The molecule has 0 radical (unpaired) electrons. The van der Waals surface area contributed by atoms with Crippen LogP contribution in [0.1, 0.15) is 5.56 Å². The Bertz CT molecular complexity index is 1410. The smallest absolute Gasteiger partial charge is 0.269 e. The lowest BCUT2D eigenvalue weighted by Gasteiger charge is -2.10. The molecule has 188 valence electrons. The van der Waals surface area contributed by atoms with Gasteiger partial charge in [0, 0.05) is 29.1 Å². The summed E-state index contributed by atoms with van der Waals surface area (Å²) in [5, 5.41) is 31.3. The fourth-order valence-corrected chi connectivity index (χ4v) is 3.10. The molecular formula is C24H22N8O5. The number of nitrogens with one attached hydrogen (secondary N) is 3. The molecule has 13 heteroatoms. The van der Waals surface area contributed by atoms with E-state index in [9.17, 15) is 15.2 Å². The lowest BCUT2D eigenvalue weighted by Crippen LogP contribution is -2.07. The van der Waals surface area contributed by atoms with Crippen LogP contribution in [0, 0.1) is 10.1 Å². The van der Waals surface area contributed by atoms with Gasteiger partial charge in [-0.3, -0.25) is 10.1 Å². The highest BCUT2D eigenvalue weighted by Crippen LogP contribution is 2.28. The number of nitro benzene ring substituents is 1. The molecule has 0 aliphatic carbocycles. The van der Waals surface area contributed by atoms with Crippen LogP contribution in [-0.4, -0.2) is 45.4 Å². The molecule has 0 atom stereocenters. The number of phenolic OH excluding ortho intramolecular Hbond substituents is 1. The Morgan fingerprint density at radius 3 is 2.03 bits per heavy atom. The minimum atomic E-state index is -0.482. The summed E-state index contributed by atoms with van der Waals surface area (Å²) in [6, 6.07) is 18.0. The molecule has 0 unspecified atom stereocenters. The number of aromatic nitrogens is 3. The molecule has 4 N–H and O–H groups in total. The predicted octanol–water partition coefficient (Wildman–Crippen LogP) is 4.44. The highest BCUT2D eigenvalue weighted by atomic mass is 16.6. The molecule has 0 spiro atoms. The van der Waals surface area contributed by atoms with Crippen molar-refractivity contribution in [3.8, 4) is 17.2 Å². The van der Waals surface area contributed by atoms with Gasteiger partial charge in [-0.25, -0.2) is 5.43 Å². The van der Waals surface area contributed by atoms with Crippen LogP contribution in [0.3, 0.4) is 0 Å². The molecule has 3 aromatic carbocycles. The maximum absolute atomic E-state index is 10.9. The SMILES string of the molecule is COc1ccc(Nc2nc(NN=Cc3cccc(OC)c3O)nc(Nc3ccc([N+](=O)[O-])cc3)n2)cc1. The van der Waals surface area contributed by atoms with Crippen molar-refractivity contribution in [1.82, 2.24) is 15.0 Å². The first kappa shape index (κ1) is 24.7. The average molecular weight is 502 g/mol. The zero-order valence-corrected chi connectivity index (χ0v) is 19.7. The molecule has 0 amide bonds. The molecule has 0 fully saturated rings. The number of methoxy groups -OCH3 is 2. The van der Waals surface area contributed by atoms with E-state index >= 15 is 0 Å². The van der Waals surface area contributed by atoms with Crippen LogP contribution in [0.2, 0.25) is 0 Å². The number of anilines is 5. The second-order valence-electron chi connectivity index (χ2n) is 7.36. The van der Waals surface area contributed by atoms with E-state index in [1.165, 1.54) is 37.6 Å². The summed E-state index contributed by atoms with van der Waals surface area (Å²) >= 11 is 0. The molecule has 37 heavy (non-hydrogen) atoms. The van der Waals surface area contributed by atoms with Crippen molar-refractivity contribution in [2.45, 2.75) is 0 Å². The van der Waals surface area contributed by atoms with E-state index in [2.05, 4.69) is 36.1 Å². The molecule has 1 aromatic heterocycles. The lowest BCUT2D eigenvalue weighted by molar-refractivity contribution is -0.384. The Labute approximate surface area is 211 Å². The van der Waals surface area contributed by atoms with Crippen LogP contribution in [0.15, 0.2) is 71.8 Å². The van der Waals surface area contributed by atoms with E-state index in [1.54, 1.807) is 49.6 Å². The first-order valence-electron chi connectivity index (χ1n) is 10.8. The Hall–Kier alpha value is -5.46. The fraction of sp³-hybridized carbons (Fsp3) is 0.0833. The molecule has 0 saturated heterocycles. The summed E-state index contributed by atoms with van der Waals surface area (Å²) < 4.78 is 10.3. The third-order valence-corrected chi connectivity index (χ3v) is 4.93. The number of hydrazone groups is 1. The standard InChI is InChI=1S/C24H22N8O5/c1-36-19-12-8-17(9-13-19)27-23-28-22(26-16-6-10-18(11-7-16)32(34)35)29-24(30-23)31-25-14-15-4-3-5-20(37-2)21(15)33/h3-14,33H,1-2H3,(H3,26,27,28,29,30,31). The summed E-state index contributed by atoms with van der Waals surface area (Å²) in [5.41, 5.74) is 4.32. The second-order valence-corrected chi connectivity index (χ2v) is 7.36. The first-order valence-corrected chi connectivity index (χ1v) is 10.8. The van der Waals surface area contributed by atoms with Crippen molar-refractivity contribution in [2.75, 3.05) is 30.3 Å². The predicted molar refractivity (Wildman–Crippen MR) is 138 cm³/mol. The Morgan fingerprint density at radius 1 is 0.865 bits per heavy atom. The van der Waals surface area contributed by atoms with Gasteiger partial charge in [0.25, 0.3) is 5.69 Å². The molecule has 1 heterocycles. The molecule has 4 aromatic rings. The van der Waals surface area contributed by atoms with Gasteiger partial charge < -0.3 is 25.2 Å². The summed E-state index contributed by atoms with van der Waals surface area (Å²) in [6.07, 6.45) is 1.39. The average Bonchev–Trinajstić information content (AvgIpc) is 2.90. The topological polar surface area (TPSA) is 169 Å². The quantitative estimate of drug-likeness (QED) is 0.137. The van der Waals surface area contributed by atoms with Gasteiger partial charge in [0.1, 0.15) is 5.75 Å². The molecule has 13 nitrogen and oxygen atoms in total. The van der Waals surface area contributed by atoms with E-state index in [0.717, 1.165) is 0 Å². The number of nitro groups is 1. The fourth-order valence-electron chi connectivity index (χ4n) is 3.10. The van der Waals surface area contributed by atoms with Crippen molar-refractivity contribution in [1.29, 1.82) is 0 Å². The first-order chi connectivity index (χ1) is 17.9. The van der Waals surface area contributed by atoms with Gasteiger partial charge in [0.2, 0.25) is 17.8 Å².